The maximum absolute atomic E-state index is 15.5. The Hall–Kier alpha value is -6.43. The molecule has 0 radical (unpaired) electrons. The van der Waals surface area contributed by atoms with Crippen molar-refractivity contribution in [3.63, 3.8) is 0 Å². The Bertz CT molecular complexity index is 2550. The Morgan fingerprint density at radius 3 is 2.35 bits per heavy atom. The number of fused-ring (bicyclic) bond motifs is 2. The van der Waals surface area contributed by atoms with Crippen LogP contribution in [-0.2, 0) is 19.1 Å². The number of hydrogen-bond donors (Lipinski definition) is 2. The molecule has 1 unspecified atom stereocenters. The predicted octanol–water partition coefficient (Wildman–Crippen LogP) is 3.93. The van der Waals surface area contributed by atoms with Gasteiger partial charge < -0.3 is 29.5 Å². The number of imide groups is 2. The number of methoxy groups -OCH3 is 1. The van der Waals surface area contributed by atoms with Crippen molar-refractivity contribution in [3.8, 4) is 5.75 Å². The van der Waals surface area contributed by atoms with Crippen LogP contribution in [0.15, 0.2) is 48.7 Å². The molecule has 17 nitrogen and oxygen atoms in total. The number of ether oxygens (including phenoxy) is 2. The van der Waals surface area contributed by atoms with Crippen LogP contribution < -0.4 is 25.2 Å². The van der Waals surface area contributed by atoms with E-state index in [0.717, 1.165) is 66.5 Å². The van der Waals surface area contributed by atoms with E-state index < -0.39 is 35.5 Å². The van der Waals surface area contributed by atoms with E-state index in [9.17, 15) is 28.8 Å². The molecule has 5 aliphatic heterocycles. The smallest absolute Gasteiger partial charge is 0.274 e. The molecular weight excluding hydrogens is 814 g/mol. The number of nitrogens with one attached hydrogen (secondary N) is 2. The summed E-state index contributed by atoms with van der Waals surface area (Å²) in [6.07, 6.45) is 6.80. The molecule has 5 fully saturated rings. The number of benzene rings is 2. The molecule has 4 saturated heterocycles. The van der Waals surface area contributed by atoms with Crippen molar-refractivity contribution in [1.29, 1.82) is 0 Å². The molecule has 2 aromatic carbocycles. The molecule has 10 rings (SSSR count). The number of morpholine rings is 1. The van der Waals surface area contributed by atoms with E-state index >= 15 is 4.39 Å². The van der Waals surface area contributed by atoms with E-state index in [1.54, 1.807) is 18.1 Å². The van der Waals surface area contributed by atoms with Crippen LogP contribution in [0.5, 0.6) is 5.75 Å². The lowest BCUT2D eigenvalue weighted by molar-refractivity contribution is -0.140. The molecule has 18 heteroatoms. The van der Waals surface area contributed by atoms with Gasteiger partial charge in [0.15, 0.2) is 0 Å². The maximum Gasteiger partial charge on any atom is 0.274 e. The number of halogens is 1. The van der Waals surface area contributed by atoms with Crippen LogP contribution in [-0.4, -0.2) is 126 Å². The van der Waals surface area contributed by atoms with Gasteiger partial charge >= 0.3 is 0 Å². The highest BCUT2D eigenvalue weighted by atomic mass is 19.1. The third-order valence-corrected chi connectivity index (χ3v) is 13.9. The van der Waals surface area contributed by atoms with Crippen LogP contribution in [0.4, 0.5) is 21.6 Å². The second kappa shape index (κ2) is 16.0. The average molecular weight is 862 g/mol. The number of likely N-dealkylation sites (tertiary alicyclic amines) is 1. The molecule has 1 atom stereocenters. The zero-order valence-electron chi connectivity index (χ0n) is 34.9. The lowest BCUT2D eigenvalue weighted by Crippen LogP contribution is -2.54. The third-order valence-electron chi connectivity index (χ3n) is 13.9. The average Bonchev–Trinajstić information content (AvgIpc) is 3.81. The Kier molecular flexibility index (Phi) is 10.3. The van der Waals surface area contributed by atoms with Crippen molar-refractivity contribution >= 4 is 63.5 Å². The second-order valence-corrected chi connectivity index (χ2v) is 17.6. The van der Waals surface area contributed by atoms with Crippen molar-refractivity contribution in [2.45, 2.75) is 63.5 Å². The van der Waals surface area contributed by atoms with E-state index in [-0.39, 0.29) is 58.8 Å². The first kappa shape index (κ1) is 40.6. The fourth-order valence-electron chi connectivity index (χ4n) is 10.3. The molecule has 1 saturated carbocycles. The molecular formula is C45H48FN9O8. The SMILES string of the molecule is COc1cc2nn(C3CC4(CCN(C(=O)C5CCN(c6cc7c(cc6F)C(=O)N(C6CCC(=O)NC6=O)C7=O)CC5)CC4)C3)cc2cc1NC(=O)c1cccc(N2CCOCC2)n1. The molecule has 1 spiro atoms. The number of carbonyl (C=O) groups excluding carboxylic acids is 6. The molecule has 4 aromatic rings. The number of nitrogens with zero attached hydrogens (tertiary/aromatic N) is 7. The minimum Gasteiger partial charge on any atom is -0.494 e. The zero-order chi connectivity index (χ0) is 43.6. The Morgan fingerprint density at radius 1 is 0.905 bits per heavy atom. The molecule has 328 valence electrons. The summed E-state index contributed by atoms with van der Waals surface area (Å²) in [6.45, 7) is 4.84. The summed E-state index contributed by atoms with van der Waals surface area (Å²) >= 11 is 0. The zero-order valence-corrected chi connectivity index (χ0v) is 34.9. The first-order chi connectivity index (χ1) is 30.5. The number of amides is 6. The van der Waals surface area contributed by atoms with Crippen molar-refractivity contribution in [1.82, 2.24) is 29.9 Å². The minimum absolute atomic E-state index is 0.00513. The summed E-state index contributed by atoms with van der Waals surface area (Å²) in [5.74, 6) is -2.47. The van der Waals surface area contributed by atoms with E-state index in [1.165, 1.54) is 6.07 Å². The molecule has 1 aliphatic carbocycles. The van der Waals surface area contributed by atoms with Gasteiger partial charge in [0, 0.05) is 69.3 Å². The topological polar surface area (TPSA) is 189 Å². The van der Waals surface area contributed by atoms with Crippen LogP contribution in [0.3, 0.4) is 0 Å². The van der Waals surface area contributed by atoms with Crippen LogP contribution in [0.25, 0.3) is 10.9 Å². The summed E-state index contributed by atoms with van der Waals surface area (Å²) in [6, 6.07) is 10.7. The molecule has 6 amide bonds. The number of anilines is 3. The maximum atomic E-state index is 15.5. The van der Waals surface area contributed by atoms with Gasteiger partial charge in [0.1, 0.15) is 29.1 Å². The van der Waals surface area contributed by atoms with Gasteiger partial charge in [0.05, 0.1) is 54.4 Å². The van der Waals surface area contributed by atoms with E-state index in [4.69, 9.17) is 14.6 Å². The van der Waals surface area contributed by atoms with E-state index in [0.29, 0.717) is 69.4 Å². The standard InChI is InChI=1S/C45H48FN9O8/c1-62-37-22-33-27(19-34(37)48-40(57)32-3-2-4-38(47-32)52-15-17-63-18-16-52)25-54(50-33)28-23-45(24-28)9-13-53(14-10-45)42(59)26-7-11-51(12-8-26)36-21-30-29(20-31(36)46)43(60)55(44(30)61)35-5-6-39(56)49-41(35)58/h2-4,19-22,25-26,28,35H,5-18,23-24H2,1H3,(H,48,57)(H,49,56,58). The quantitative estimate of drug-likeness (QED) is 0.244. The van der Waals surface area contributed by atoms with Gasteiger partial charge in [-0.2, -0.15) is 5.10 Å². The lowest BCUT2D eigenvalue weighted by atomic mass is 9.60. The van der Waals surface area contributed by atoms with Gasteiger partial charge in [-0.3, -0.25) is 43.7 Å². The van der Waals surface area contributed by atoms with Crippen molar-refractivity contribution < 1.29 is 42.6 Å². The summed E-state index contributed by atoms with van der Waals surface area (Å²) < 4.78 is 28.7. The number of rotatable bonds is 8. The van der Waals surface area contributed by atoms with Gasteiger partial charge in [-0.15, -0.1) is 0 Å². The number of aromatic nitrogens is 3. The monoisotopic (exact) mass is 861 g/mol. The van der Waals surface area contributed by atoms with Crippen LogP contribution in [0, 0.1) is 17.2 Å². The van der Waals surface area contributed by atoms with Crippen LogP contribution in [0.1, 0.15) is 88.6 Å². The normalized spacial score (nSPS) is 21.8. The minimum atomic E-state index is -1.13. The van der Waals surface area contributed by atoms with Gasteiger partial charge in [-0.05, 0) is 80.7 Å². The van der Waals surface area contributed by atoms with Crippen LogP contribution in [0.2, 0.25) is 0 Å². The van der Waals surface area contributed by atoms with Crippen molar-refractivity contribution in [2.24, 2.45) is 11.3 Å². The van der Waals surface area contributed by atoms with E-state index in [2.05, 4.69) is 20.5 Å². The molecule has 63 heavy (non-hydrogen) atoms. The van der Waals surface area contributed by atoms with Gasteiger partial charge in [0.25, 0.3) is 17.7 Å². The predicted molar refractivity (Wildman–Crippen MR) is 226 cm³/mol. The fraction of sp³-hybridized carbons (Fsp3) is 0.467. The largest absolute Gasteiger partial charge is 0.494 e. The number of piperidine rings is 3. The highest BCUT2D eigenvalue weighted by Gasteiger charge is 2.49. The molecule has 7 heterocycles. The summed E-state index contributed by atoms with van der Waals surface area (Å²) in [7, 11) is 1.56. The van der Waals surface area contributed by atoms with Crippen molar-refractivity contribution in [2.75, 3.05) is 74.7 Å². The first-order valence-electron chi connectivity index (χ1n) is 21.7. The summed E-state index contributed by atoms with van der Waals surface area (Å²) in [5, 5.41) is 10.9. The molecule has 0 bridgehead atoms. The second-order valence-electron chi connectivity index (χ2n) is 17.6. The summed E-state index contributed by atoms with van der Waals surface area (Å²) in [4.78, 5) is 89.1. The highest BCUT2D eigenvalue weighted by molar-refractivity contribution is 6.23. The fourth-order valence-corrected chi connectivity index (χ4v) is 10.3. The van der Waals surface area contributed by atoms with E-state index in [1.807, 2.05) is 40.0 Å². The lowest BCUT2D eigenvalue weighted by Gasteiger charge is -2.52. The Labute approximate surface area is 361 Å². The number of hydrogen-bond acceptors (Lipinski definition) is 12. The number of carbonyl (C=O) groups is 6. The molecule has 6 aliphatic rings. The first-order valence-corrected chi connectivity index (χ1v) is 21.7. The van der Waals surface area contributed by atoms with Gasteiger partial charge in [-0.25, -0.2) is 9.37 Å². The van der Waals surface area contributed by atoms with Crippen molar-refractivity contribution in [3.05, 3.63) is 71.3 Å². The Balaban J connectivity index is 0.723. The van der Waals surface area contributed by atoms with Crippen LogP contribution >= 0.6 is 0 Å². The summed E-state index contributed by atoms with van der Waals surface area (Å²) in [5.41, 5.74) is 1.85. The number of pyridine rings is 1. The Morgan fingerprint density at radius 2 is 1.63 bits per heavy atom. The third kappa shape index (κ3) is 7.42. The van der Waals surface area contributed by atoms with Gasteiger partial charge in [0.2, 0.25) is 17.7 Å². The highest BCUT2D eigenvalue weighted by Crippen LogP contribution is 2.55. The van der Waals surface area contributed by atoms with Gasteiger partial charge in [-0.1, -0.05) is 6.07 Å². The molecule has 2 aromatic heterocycles. The molecule has 2 N–H and O–H groups in total.